The molecule has 144 valence electrons. The summed E-state index contributed by atoms with van der Waals surface area (Å²) in [5.74, 6) is 0.532. The Morgan fingerprint density at radius 1 is 1.00 bits per heavy atom. The first kappa shape index (κ1) is 20.3. The van der Waals surface area contributed by atoms with Gasteiger partial charge in [0.2, 0.25) is 5.91 Å². The van der Waals surface area contributed by atoms with E-state index >= 15 is 0 Å². The minimum atomic E-state index is -0.667. The van der Waals surface area contributed by atoms with Crippen molar-refractivity contribution in [2.45, 2.75) is 26.3 Å². The van der Waals surface area contributed by atoms with E-state index in [0.717, 1.165) is 6.42 Å². The third-order valence-corrected chi connectivity index (χ3v) is 4.44. The number of hydrogen-bond acceptors (Lipinski definition) is 4. The highest BCUT2D eigenvalue weighted by molar-refractivity contribution is 6.01. The number of amides is 2. The molecule has 0 bridgehead atoms. The van der Waals surface area contributed by atoms with E-state index in [0.29, 0.717) is 22.7 Å². The number of anilines is 1. The molecule has 2 N–H and O–H groups in total. The van der Waals surface area contributed by atoms with Crippen LogP contribution >= 0.6 is 0 Å². The van der Waals surface area contributed by atoms with E-state index in [1.165, 1.54) is 0 Å². The Labute approximate surface area is 159 Å². The normalized spacial score (nSPS) is 12.6. The summed E-state index contributed by atoms with van der Waals surface area (Å²) in [5.41, 5.74) is 1.06. The lowest BCUT2D eigenvalue weighted by molar-refractivity contribution is -0.119. The molecule has 27 heavy (non-hydrogen) atoms. The molecule has 0 unspecified atom stereocenters. The number of hydrogen-bond donors (Lipinski definition) is 2. The molecular formula is C21H26N2O4. The van der Waals surface area contributed by atoms with Crippen molar-refractivity contribution in [2.75, 3.05) is 19.5 Å². The summed E-state index contributed by atoms with van der Waals surface area (Å²) in [7, 11) is 3.09. The fourth-order valence-corrected chi connectivity index (χ4v) is 2.62. The lowest BCUT2D eigenvalue weighted by atomic mass is 9.97. The van der Waals surface area contributed by atoms with Crippen LogP contribution in [0.3, 0.4) is 0 Å². The topological polar surface area (TPSA) is 76.7 Å². The van der Waals surface area contributed by atoms with Gasteiger partial charge >= 0.3 is 0 Å². The van der Waals surface area contributed by atoms with Crippen molar-refractivity contribution in [3.63, 3.8) is 0 Å². The first-order valence-electron chi connectivity index (χ1n) is 8.88. The maximum atomic E-state index is 12.9. The molecule has 0 heterocycles. The number of ether oxygens (including phenoxy) is 2. The Bertz CT molecular complexity index is 755. The Hall–Kier alpha value is -3.02. The molecule has 0 radical (unpaired) electrons. The molecule has 0 aliphatic heterocycles. The van der Waals surface area contributed by atoms with Crippen LogP contribution in [0.2, 0.25) is 0 Å². The molecule has 0 aliphatic rings. The van der Waals surface area contributed by atoms with Crippen molar-refractivity contribution < 1.29 is 19.1 Å². The van der Waals surface area contributed by atoms with Gasteiger partial charge in [-0.05, 0) is 18.1 Å². The summed E-state index contributed by atoms with van der Waals surface area (Å²) < 4.78 is 10.5. The quantitative estimate of drug-likeness (QED) is 0.746. The van der Waals surface area contributed by atoms with Gasteiger partial charge in [0.15, 0.2) is 0 Å². The Morgan fingerprint density at radius 2 is 1.59 bits per heavy atom. The number of benzene rings is 2. The van der Waals surface area contributed by atoms with Gasteiger partial charge in [-0.3, -0.25) is 9.59 Å². The summed E-state index contributed by atoms with van der Waals surface area (Å²) in [5, 5.41) is 5.70. The highest BCUT2D eigenvalue weighted by Gasteiger charge is 2.26. The largest absolute Gasteiger partial charge is 0.497 e. The van der Waals surface area contributed by atoms with Crippen LogP contribution in [-0.2, 0) is 4.79 Å². The number of carbonyl (C=O) groups excluding carboxylic acids is 2. The molecule has 2 aromatic rings. The van der Waals surface area contributed by atoms with E-state index in [1.807, 2.05) is 19.9 Å². The Balaban J connectivity index is 2.19. The maximum absolute atomic E-state index is 12.9. The highest BCUT2D eigenvalue weighted by Crippen LogP contribution is 2.26. The molecule has 0 aliphatic carbocycles. The Kier molecular flexibility index (Phi) is 7.23. The van der Waals surface area contributed by atoms with Gasteiger partial charge in [0.05, 0.1) is 14.2 Å². The molecule has 2 aromatic carbocycles. The van der Waals surface area contributed by atoms with Crippen LogP contribution in [0.1, 0.15) is 30.6 Å². The summed E-state index contributed by atoms with van der Waals surface area (Å²) in [6.45, 7) is 3.91. The number of carbonyl (C=O) groups is 2. The van der Waals surface area contributed by atoms with Gasteiger partial charge in [-0.25, -0.2) is 0 Å². The lowest BCUT2D eigenvalue weighted by Crippen LogP contribution is -2.47. The zero-order chi connectivity index (χ0) is 19.8. The van der Waals surface area contributed by atoms with Crippen LogP contribution in [0.25, 0.3) is 0 Å². The molecule has 0 fully saturated rings. The van der Waals surface area contributed by atoms with Gasteiger partial charge in [-0.2, -0.15) is 0 Å². The van der Waals surface area contributed by atoms with Crippen LogP contribution in [0.4, 0.5) is 5.69 Å². The fraction of sp³-hybridized carbons (Fsp3) is 0.333. The second kappa shape index (κ2) is 9.62. The zero-order valence-corrected chi connectivity index (χ0v) is 16.1. The van der Waals surface area contributed by atoms with Crippen molar-refractivity contribution in [2.24, 2.45) is 5.92 Å². The molecule has 2 rings (SSSR count). The monoisotopic (exact) mass is 370 g/mol. The van der Waals surface area contributed by atoms with E-state index in [9.17, 15) is 9.59 Å². The molecule has 0 spiro atoms. The second-order valence-corrected chi connectivity index (χ2v) is 6.29. The van der Waals surface area contributed by atoms with Crippen molar-refractivity contribution in [1.29, 1.82) is 0 Å². The predicted octanol–water partition coefficient (Wildman–Crippen LogP) is 3.49. The molecule has 0 saturated heterocycles. The van der Waals surface area contributed by atoms with Gasteiger partial charge in [0.1, 0.15) is 17.5 Å². The van der Waals surface area contributed by atoms with Gasteiger partial charge in [-0.1, -0.05) is 38.5 Å². The summed E-state index contributed by atoms with van der Waals surface area (Å²) >= 11 is 0. The van der Waals surface area contributed by atoms with E-state index in [-0.39, 0.29) is 17.7 Å². The lowest BCUT2D eigenvalue weighted by Gasteiger charge is -2.24. The van der Waals surface area contributed by atoms with Crippen molar-refractivity contribution in [3.05, 3.63) is 54.1 Å². The van der Waals surface area contributed by atoms with Gasteiger partial charge in [0.25, 0.3) is 5.91 Å². The van der Waals surface area contributed by atoms with Crippen molar-refractivity contribution in [1.82, 2.24) is 5.32 Å². The smallest absolute Gasteiger partial charge is 0.251 e. The van der Waals surface area contributed by atoms with Crippen molar-refractivity contribution >= 4 is 17.5 Å². The van der Waals surface area contributed by atoms with Gasteiger partial charge in [-0.15, -0.1) is 0 Å². The molecule has 6 heteroatoms. The standard InChI is InChI=1S/C21H26N2O4/c1-5-14(2)19(23-20(24)15-9-7-6-8-10-15)21(25)22-16-11-17(26-3)13-18(12-16)27-4/h6-14,19H,5H2,1-4H3,(H,22,25)(H,23,24)/t14-,19-/m0/s1. The van der Waals surface area contributed by atoms with Gasteiger partial charge in [0, 0.05) is 29.4 Å². The second-order valence-electron chi connectivity index (χ2n) is 6.29. The highest BCUT2D eigenvalue weighted by atomic mass is 16.5. The SMILES string of the molecule is CC[C@H](C)[C@H](NC(=O)c1ccccc1)C(=O)Nc1cc(OC)cc(OC)c1. The maximum Gasteiger partial charge on any atom is 0.251 e. The fourth-order valence-electron chi connectivity index (χ4n) is 2.62. The molecular weight excluding hydrogens is 344 g/mol. The minimum Gasteiger partial charge on any atom is -0.497 e. The van der Waals surface area contributed by atoms with Crippen LogP contribution in [0.15, 0.2) is 48.5 Å². The number of rotatable bonds is 8. The number of nitrogens with one attached hydrogen (secondary N) is 2. The van der Waals surface area contributed by atoms with E-state index in [4.69, 9.17) is 9.47 Å². The van der Waals surface area contributed by atoms with Crippen LogP contribution in [0.5, 0.6) is 11.5 Å². The zero-order valence-electron chi connectivity index (χ0n) is 16.1. The minimum absolute atomic E-state index is 0.0369. The van der Waals surface area contributed by atoms with Crippen molar-refractivity contribution in [3.8, 4) is 11.5 Å². The predicted molar refractivity (Wildman–Crippen MR) is 105 cm³/mol. The molecule has 0 aromatic heterocycles. The van der Waals surface area contributed by atoms with E-state index in [1.54, 1.807) is 56.7 Å². The number of methoxy groups -OCH3 is 2. The van der Waals surface area contributed by atoms with Gasteiger partial charge < -0.3 is 20.1 Å². The molecule has 2 atom stereocenters. The van der Waals surface area contributed by atoms with E-state index < -0.39 is 6.04 Å². The average molecular weight is 370 g/mol. The first-order chi connectivity index (χ1) is 13.0. The molecule has 6 nitrogen and oxygen atoms in total. The summed E-state index contributed by atoms with van der Waals surface area (Å²) in [4.78, 5) is 25.4. The molecule has 0 saturated carbocycles. The summed E-state index contributed by atoms with van der Waals surface area (Å²) in [6, 6.07) is 13.3. The van der Waals surface area contributed by atoms with Crippen LogP contribution in [-0.4, -0.2) is 32.1 Å². The average Bonchev–Trinajstić information content (AvgIpc) is 2.71. The molecule has 2 amide bonds. The van der Waals surface area contributed by atoms with Crippen LogP contribution in [0, 0.1) is 5.92 Å². The van der Waals surface area contributed by atoms with E-state index in [2.05, 4.69) is 10.6 Å². The first-order valence-corrected chi connectivity index (χ1v) is 8.88. The van der Waals surface area contributed by atoms with Crippen LogP contribution < -0.4 is 20.1 Å². The third-order valence-electron chi connectivity index (χ3n) is 4.44. The Morgan fingerprint density at radius 3 is 2.11 bits per heavy atom. The summed E-state index contributed by atoms with van der Waals surface area (Å²) in [6.07, 6.45) is 0.745. The third kappa shape index (κ3) is 5.48.